The van der Waals surface area contributed by atoms with E-state index < -0.39 is 0 Å². The van der Waals surface area contributed by atoms with Crippen molar-refractivity contribution in [2.75, 3.05) is 24.7 Å². The molecule has 2 saturated heterocycles. The van der Waals surface area contributed by atoms with Crippen LogP contribution in [0, 0.1) is 0 Å². The van der Waals surface area contributed by atoms with Gasteiger partial charge in [-0.15, -0.1) is 0 Å². The number of amides is 1. The van der Waals surface area contributed by atoms with E-state index in [-0.39, 0.29) is 11.4 Å². The van der Waals surface area contributed by atoms with Gasteiger partial charge in [-0.2, -0.15) is 0 Å². The SMILES string of the molecule is CC.O=C1NCN(c2ccccc2)C12CCNCC2. The lowest BCUT2D eigenvalue weighted by Crippen LogP contribution is -2.55. The quantitative estimate of drug-likeness (QED) is 0.809. The van der Waals surface area contributed by atoms with Gasteiger partial charge in [0.05, 0.1) is 6.67 Å². The Bertz CT molecular complexity index is 413. The van der Waals surface area contributed by atoms with Crippen LogP contribution in [0.2, 0.25) is 0 Å². The first-order valence-corrected chi connectivity index (χ1v) is 7.15. The highest BCUT2D eigenvalue weighted by atomic mass is 16.2. The molecule has 3 rings (SSSR count). The van der Waals surface area contributed by atoms with E-state index in [1.54, 1.807) is 0 Å². The maximum absolute atomic E-state index is 12.2. The molecule has 1 amide bonds. The Kier molecular flexibility index (Phi) is 4.43. The lowest BCUT2D eigenvalue weighted by atomic mass is 9.86. The summed E-state index contributed by atoms with van der Waals surface area (Å²) in [5, 5.41) is 6.31. The summed E-state index contributed by atoms with van der Waals surface area (Å²) in [6.07, 6.45) is 1.77. The van der Waals surface area contributed by atoms with Gasteiger partial charge in [0.2, 0.25) is 5.91 Å². The minimum Gasteiger partial charge on any atom is -0.339 e. The van der Waals surface area contributed by atoms with Crippen LogP contribution in [0.1, 0.15) is 26.7 Å². The molecule has 2 N–H and O–H groups in total. The van der Waals surface area contributed by atoms with Crippen molar-refractivity contribution in [1.29, 1.82) is 0 Å². The van der Waals surface area contributed by atoms with E-state index in [2.05, 4.69) is 27.7 Å². The van der Waals surface area contributed by atoms with E-state index in [0.29, 0.717) is 6.67 Å². The molecular formula is C15H23N3O. The van der Waals surface area contributed by atoms with Gasteiger partial charge in [-0.05, 0) is 38.1 Å². The fourth-order valence-electron chi connectivity index (χ4n) is 2.87. The van der Waals surface area contributed by atoms with Gasteiger partial charge in [-0.25, -0.2) is 0 Å². The summed E-state index contributed by atoms with van der Waals surface area (Å²) in [7, 11) is 0. The zero-order valence-electron chi connectivity index (χ0n) is 11.8. The van der Waals surface area contributed by atoms with Gasteiger partial charge in [-0.1, -0.05) is 32.0 Å². The minimum absolute atomic E-state index is 0.183. The highest BCUT2D eigenvalue weighted by molar-refractivity contribution is 5.93. The zero-order valence-corrected chi connectivity index (χ0v) is 11.8. The molecule has 2 aliphatic rings. The summed E-state index contributed by atoms with van der Waals surface area (Å²) in [5.74, 6) is 0.183. The highest BCUT2D eigenvalue weighted by Gasteiger charge is 2.48. The van der Waals surface area contributed by atoms with Crippen LogP contribution in [-0.4, -0.2) is 31.2 Å². The van der Waals surface area contributed by atoms with Gasteiger partial charge in [-0.3, -0.25) is 4.79 Å². The van der Waals surface area contributed by atoms with Crippen molar-refractivity contribution in [3.8, 4) is 0 Å². The number of rotatable bonds is 1. The predicted molar refractivity (Wildman–Crippen MR) is 78.1 cm³/mol. The molecule has 1 spiro atoms. The number of hydrogen-bond acceptors (Lipinski definition) is 3. The first kappa shape index (κ1) is 13.9. The number of nitrogens with one attached hydrogen (secondary N) is 2. The Labute approximate surface area is 115 Å². The third-order valence-corrected chi connectivity index (χ3v) is 3.84. The van der Waals surface area contributed by atoms with Crippen LogP contribution in [0.5, 0.6) is 0 Å². The number of anilines is 1. The Morgan fingerprint density at radius 1 is 1.11 bits per heavy atom. The van der Waals surface area contributed by atoms with Crippen molar-refractivity contribution in [1.82, 2.24) is 10.6 Å². The number of hydrogen-bond donors (Lipinski definition) is 2. The van der Waals surface area contributed by atoms with E-state index in [1.807, 2.05) is 32.0 Å². The molecule has 0 bridgehead atoms. The maximum Gasteiger partial charge on any atom is 0.247 e. The van der Waals surface area contributed by atoms with Crippen LogP contribution in [0.3, 0.4) is 0 Å². The van der Waals surface area contributed by atoms with Crippen LogP contribution in [0.15, 0.2) is 30.3 Å². The monoisotopic (exact) mass is 261 g/mol. The third kappa shape index (κ3) is 2.45. The molecular weight excluding hydrogens is 238 g/mol. The Morgan fingerprint density at radius 2 is 1.74 bits per heavy atom. The first-order chi connectivity index (χ1) is 9.33. The standard InChI is InChI=1S/C13H17N3O.C2H6/c17-12-13(6-8-14-9-7-13)16(10-15-12)11-4-2-1-3-5-11;1-2/h1-5,14H,6-10H2,(H,15,17);1-2H3. The van der Waals surface area contributed by atoms with Crippen LogP contribution < -0.4 is 15.5 Å². The summed E-state index contributed by atoms with van der Waals surface area (Å²) in [6, 6.07) is 10.2. The van der Waals surface area contributed by atoms with E-state index in [1.165, 1.54) is 0 Å². The minimum atomic E-state index is -0.327. The second kappa shape index (κ2) is 6.06. The van der Waals surface area contributed by atoms with Gasteiger partial charge >= 0.3 is 0 Å². The summed E-state index contributed by atoms with van der Waals surface area (Å²) in [6.45, 7) is 6.45. The molecule has 0 aliphatic carbocycles. The van der Waals surface area contributed by atoms with Crippen molar-refractivity contribution in [3.63, 3.8) is 0 Å². The molecule has 4 nitrogen and oxygen atoms in total. The summed E-state index contributed by atoms with van der Waals surface area (Å²) < 4.78 is 0. The Hall–Kier alpha value is -1.55. The van der Waals surface area contributed by atoms with E-state index in [0.717, 1.165) is 31.6 Å². The number of piperidine rings is 1. The molecule has 1 aromatic carbocycles. The number of carbonyl (C=O) groups excluding carboxylic acids is 1. The van der Waals surface area contributed by atoms with Gasteiger partial charge in [0, 0.05) is 5.69 Å². The Morgan fingerprint density at radius 3 is 2.37 bits per heavy atom. The molecule has 2 fully saturated rings. The van der Waals surface area contributed by atoms with Crippen LogP contribution >= 0.6 is 0 Å². The van der Waals surface area contributed by atoms with Crippen molar-refractivity contribution in [3.05, 3.63) is 30.3 Å². The van der Waals surface area contributed by atoms with Crippen molar-refractivity contribution in [2.24, 2.45) is 0 Å². The van der Waals surface area contributed by atoms with Crippen LogP contribution in [-0.2, 0) is 4.79 Å². The van der Waals surface area contributed by atoms with Crippen molar-refractivity contribution >= 4 is 11.6 Å². The second-order valence-electron chi connectivity index (χ2n) is 4.71. The molecule has 0 unspecified atom stereocenters. The van der Waals surface area contributed by atoms with Gasteiger partial charge < -0.3 is 15.5 Å². The molecule has 0 atom stereocenters. The van der Waals surface area contributed by atoms with Crippen LogP contribution in [0.4, 0.5) is 5.69 Å². The number of carbonyl (C=O) groups is 1. The predicted octanol–water partition coefficient (Wildman–Crippen LogP) is 1.73. The molecule has 0 aromatic heterocycles. The summed E-state index contributed by atoms with van der Waals surface area (Å²) in [5.41, 5.74) is 0.805. The molecule has 19 heavy (non-hydrogen) atoms. The summed E-state index contributed by atoms with van der Waals surface area (Å²) in [4.78, 5) is 14.4. The smallest absolute Gasteiger partial charge is 0.247 e. The topological polar surface area (TPSA) is 44.4 Å². The van der Waals surface area contributed by atoms with E-state index >= 15 is 0 Å². The van der Waals surface area contributed by atoms with Gasteiger partial charge in [0.15, 0.2) is 0 Å². The fraction of sp³-hybridized carbons (Fsp3) is 0.533. The molecule has 104 valence electrons. The van der Waals surface area contributed by atoms with Crippen LogP contribution in [0.25, 0.3) is 0 Å². The van der Waals surface area contributed by atoms with E-state index in [9.17, 15) is 4.79 Å². The Balaban J connectivity index is 0.000000637. The first-order valence-electron chi connectivity index (χ1n) is 7.15. The summed E-state index contributed by atoms with van der Waals surface area (Å²) >= 11 is 0. The molecule has 2 heterocycles. The highest BCUT2D eigenvalue weighted by Crippen LogP contribution is 2.34. The average molecular weight is 261 g/mol. The zero-order chi connectivity index (χ0) is 13.7. The molecule has 2 aliphatic heterocycles. The molecule has 0 saturated carbocycles. The van der Waals surface area contributed by atoms with Crippen molar-refractivity contribution in [2.45, 2.75) is 32.2 Å². The lowest BCUT2D eigenvalue weighted by Gasteiger charge is -2.40. The van der Waals surface area contributed by atoms with Crippen molar-refractivity contribution < 1.29 is 4.79 Å². The normalized spacial score (nSPS) is 20.7. The number of nitrogens with zero attached hydrogens (tertiary/aromatic N) is 1. The van der Waals surface area contributed by atoms with Gasteiger partial charge in [0.1, 0.15) is 5.54 Å². The second-order valence-corrected chi connectivity index (χ2v) is 4.71. The largest absolute Gasteiger partial charge is 0.339 e. The number of para-hydroxylation sites is 1. The maximum atomic E-state index is 12.2. The van der Waals surface area contributed by atoms with E-state index in [4.69, 9.17) is 0 Å². The molecule has 1 aromatic rings. The molecule has 0 radical (unpaired) electrons. The lowest BCUT2D eigenvalue weighted by molar-refractivity contribution is -0.124. The average Bonchev–Trinajstić information content (AvgIpc) is 2.80. The fourth-order valence-corrected chi connectivity index (χ4v) is 2.87. The third-order valence-electron chi connectivity index (χ3n) is 3.84. The van der Waals surface area contributed by atoms with Gasteiger partial charge in [0.25, 0.3) is 0 Å². The molecule has 4 heteroatoms. The number of benzene rings is 1.